The highest BCUT2D eigenvalue weighted by molar-refractivity contribution is 5.28. The van der Waals surface area contributed by atoms with Crippen molar-refractivity contribution < 1.29 is 9.47 Å². The van der Waals surface area contributed by atoms with Crippen molar-refractivity contribution in [2.75, 3.05) is 39.9 Å². The first-order valence-corrected chi connectivity index (χ1v) is 9.50. The summed E-state index contributed by atoms with van der Waals surface area (Å²) >= 11 is 0. The third kappa shape index (κ3) is 3.46. The maximum atomic E-state index is 6.35. The first kappa shape index (κ1) is 16.4. The van der Waals surface area contributed by atoms with Crippen LogP contribution >= 0.6 is 0 Å². The van der Waals surface area contributed by atoms with Crippen LogP contribution in [0.5, 0.6) is 5.75 Å². The van der Waals surface area contributed by atoms with E-state index in [4.69, 9.17) is 9.47 Å². The van der Waals surface area contributed by atoms with Crippen molar-refractivity contribution in [3.63, 3.8) is 0 Å². The fourth-order valence-corrected chi connectivity index (χ4v) is 4.66. The monoisotopic (exact) mass is 330 g/mol. The van der Waals surface area contributed by atoms with Gasteiger partial charge in [-0.05, 0) is 62.9 Å². The third-order valence-corrected chi connectivity index (χ3v) is 6.15. The van der Waals surface area contributed by atoms with Crippen molar-refractivity contribution in [1.29, 1.82) is 0 Å². The van der Waals surface area contributed by atoms with Crippen molar-refractivity contribution in [2.45, 2.75) is 50.3 Å². The minimum Gasteiger partial charge on any atom is -0.497 e. The van der Waals surface area contributed by atoms with E-state index in [1.165, 1.54) is 50.8 Å². The first-order valence-electron chi connectivity index (χ1n) is 9.50. The van der Waals surface area contributed by atoms with Gasteiger partial charge in [-0.25, -0.2) is 0 Å². The Kier molecular flexibility index (Phi) is 4.79. The van der Waals surface area contributed by atoms with Crippen LogP contribution in [0, 0.1) is 0 Å². The summed E-state index contributed by atoms with van der Waals surface area (Å²) in [7, 11) is 1.73. The summed E-state index contributed by atoms with van der Waals surface area (Å²) in [6.07, 6.45) is 6.36. The standard InChI is InChI=1S/C20H30N2O2/c1-23-19-6-4-5-17(13-19)15-21-11-7-20(8-12-21)14-18(16-24-20)22-9-2-3-10-22/h4-6,13,18H,2-3,7-12,14-16H2,1H3. The second kappa shape index (κ2) is 7.03. The summed E-state index contributed by atoms with van der Waals surface area (Å²) in [6, 6.07) is 9.12. The highest BCUT2D eigenvalue weighted by Gasteiger charge is 2.44. The summed E-state index contributed by atoms with van der Waals surface area (Å²) < 4.78 is 11.7. The zero-order chi connectivity index (χ0) is 16.4. The van der Waals surface area contributed by atoms with E-state index in [0.29, 0.717) is 6.04 Å². The molecule has 3 aliphatic rings. The average Bonchev–Trinajstić information content (AvgIpc) is 3.28. The molecule has 1 spiro atoms. The van der Waals surface area contributed by atoms with Gasteiger partial charge in [-0.1, -0.05) is 12.1 Å². The van der Waals surface area contributed by atoms with Gasteiger partial charge < -0.3 is 9.47 Å². The smallest absolute Gasteiger partial charge is 0.119 e. The lowest BCUT2D eigenvalue weighted by Crippen LogP contribution is -2.44. The molecule has 0 aliphatic carbocycles. The summed E-state index contributed by atoms with van der Waals surface area (Å²) in [5.74, 6) is 0.952. The zero-order valence-corrected chi connectivity index (χ0v) is 14.9. The molecule has 0 amide bonds. The summed E-state index contributed by atoms with van der Waals surface area (Å²) in [5.41, 5.74) is 1.51. The lowest BCUT2D eigenvalue weighted by Gasteiger charge is -2.39. The van der Waals surface area contributed by atoms with Crippen LogP contribution in [0.2, 0.25) is 0 Å². The molecule has 3 heterocycles. The molecular formula is C20H30N2O2. The van der Waals surface area contributed by atoms with Gasteiger partial charge in [0, 0.05) is 25.7 Å². The molecule has 3 fully saturated rings. The van der Waals surface area contributed by atoms with Crippen LogP contribution in [0.25, 0.3) is 0 Å². The third-order valence-electron chi connectivity index (χ3n) is 6.15. The molecule has 3 saturated heterocycles. The second-order valence-corrected chi connectivity index (χ2v) is 7.72. The molecule has 4 rings (SSSR count). The Morgan fingerprint density at radius 1 is 1.17 bits per heavy atom. The van der Waals surface area contributed by atoms with E-state index in [2.05, 4.69) is 28.0 Å². The maximum Gasteiger partial charge on any atom is 0.119 e. The van der Waals surface area contributed by atoms with E-state index < -0.39 is 0 Å². The van der Waals surface area contributed by atoms with Gasteiger partial charge >= 0.3 is 0 Å². The number of methoxy groups -OCH3 is 1. The fourth-order valence-electron chi connectivity index (χ4n) is 4.66. The molecule has 4 nitrogen and oxygen atoms in total. The minimum absolute atomic E-state index is 0.165. The van der Waals surface area contributed by atoms with Gasteiger partial charge in [-0.15, -0.1) is 0 Å². The van der Waals surface area contributed by atoms with Crippen LogP contribution in [0.4, 0.5) is 0 Å². The van der Waals surface area contributed by atoms with Crippen molar-refractivity contribution in [1.82, 2.24) is 9.80 Å². The van der Waals surface area contributed by atoms with Crippen LogP contribution in [0.3, 0.4) is 0 Å². The fraction of sp³-hybridized carbons (Fsp3) is 0.700. The molecule has 4 heteroatoms. The lowest BCUT2D eigenvalue weighted by atomic mass is 9.87. The predicted molar refractivity (Wildman–Crippen MR) is 95.4 cm³/mol. The van der Waals surface area contributed by atoms with E-state index in [1.807, 2.05) is 6.07 Å². The molecule has 1 aromatic rings. The quantitative estimate of drug-likeness (QED) is 0.847. The summed E-state index contributed by atoms with van der Waals surface area (Å²) in [6.45, 7) is 6.82. The molecule has 3 aliphatic heterocycles. The molecule has 0 saturated carbocycles. The van der Waals surface area contributed by atoms with Crippen LogP contribution < -0.4 is 4.74 Å². The Balaban J connectivity index is 1.30. The Bertz CT molecular complexity index is 548. The van der Waals surface area contributed by atoms with Gasteiger partial charge in [-0.3, -0.25) is 9.80 Å². The molecule has 24 heavy (non-hydrogen) atoms. The van der Waals surface area contributed by atoms with E-state index >= 15 is 0 Å². The largest absolute Gasteiger partial charge is 0.497 e. The van der Waals surface area contributed by atoms with Crippen LogP contribution in [0.1, 0.15) is 37.7 Å². The Morgan fingerprint density at radius 2 is 1.96 bits per heavy atom. The van der Waals surface area contributed by atoms with Crippen LogP contribution in [-0.2, 0) is 11.3 Å². The van der Waals surface area contributed by atoms with Crippen LogP contribution in [-0.4, -0.2) is 61.3 Å². The number of likely N-dealkylation sites (tertiary alicyclic amines) is 2. The number of nitrogens with zero attached hydrogens (tertiary/aromatic N) is 2. The van der Waals surface area contributed by atoms with E-state index in [1.54, 1.807) is 7.11 Å². The highest BCUT2D eigenvalue weighted by Crippen LogP contribution is 2.38. The number of piperidine rings is 1. The topological polar surface area (TPSA) is 24.9 Å². The number of ether oxygens (including phenoxy) is 2. The molecule has 1 atom stereocenters. The zero-order valence-electron chi connectivity index (χ0n) is 14.9. The second-order valence-electron chi connectivity index (χ2n) is 7.72. The molecule has 132 valence electrons. The molecular weight excluding hydrogens is 300 g/mol. The van der Waals surface area contributed by atoms with Gasteiger partial charge in [0.2, 0.25) is 0 Å². The van der Waals surface area contributed by atoms with Crippen molar-refractivity contribution >= 4 is 0 Å². The normalized spacial score (nSPS) is 27.8. The molecule has 1 aromatic carbocycles. The molecule has 0 aromatic heterocycles. The molecule has 0 bridgehead atoms. The Hall–Kier alpha value is -1.10. The Morgan fingerprint density at radius 3 is 2.71 bits per heavy atom. The molecule has 0 N–H and O–H groups in total. The van der Waals surface area contributed by atoms with Gasteiger partial charge in [0.05, 0.1) is 19.3 Å². The van der Waals surface area contributed by atoms with Crippen LogP contribution in [0.15, 0.2) is 24.3 Å². The molecule has 0 radical (unpaired) electrons. The number of hydrogen-bond acceptors (Lipinski definition) is 4. The highest BCUT2D eigenvalue weighted by atomic mass is 16.5. The van der Waals surface area contributed by atoms with Gasteiger partial charge in [0.15, 0.2) is 0 Å². The summed E-state index contributed by atoms with van der Waals surface area (Å²) in [5, 5.41) is 0. The SMILES string of the molecule is COc1cccc(CN2CCC3(CC2)CC(N2CCCC2)CO3)c1. The number of hydrogen-bond donors (Lipinski definition) is 0. The lowest BCUT2D eigenvalue weighted by molar-refractivity contribution is -0.0452. The predicted octanol–water partition coefficient (Wildman–Crippen LogP) is 2.91. The van der Waals surface area contributed by atoms with Crippen molar-refractivity contribution in [3.8, 4) is 5.75 Å². The van der Waals surface area contributed by atoms with Gasteiger partial charge in [0.25, 0.3) is 0 Å². The van der Waals surface area contributed by atoms with E-state index in [0.717, 1.165) is 32.0 Å². The summed E-state index contributed by atoms with van der Waals surface area (Å²) in [4.78, 5) is 5.23. The minimum atomic E-state index is 0.165. The maximum absolute atomic E-state index is 6.35. The van der Waals surface area contributed by atoms with Gasteiger partial charge in [0.1, 0.15) is 5.75 Å². The Labute approximate surface area is 145 Å². The van der Waals surface area contributed by atoms with E-state index in [9.17, 15) is 0 Å². The van der Waals surface area contributed by atoms with Crippen molar-refractivity contribution in [2.24, 2.45) is 0 Å². The van der Waals surface area contributed by atoms with Gasteiger partial charge in [-0.2, -0.15) is 0 Å². The van der Waals surface area contributed by atoms with E-state index in [-0.39, 0.29) is 5.60 Å². The molecule has 1 unspecified atom stereocenters. The number of benzene rings is 1. The van der Waals surface area contributed by atoms with Crippen molar-refractivity contribution in [3.05, 3.63) is 29.8 Å². The average molecular weight is 330 g/mol. The number of rotatable bonds is 4. The first-order chi connectivity index (χ1) is 11.8.